The Bertz CT molecular complexity index is 882. The number of imidazole rings is 1. The Hall–Kier alpha value is -2.83. The largest absolute Gasteiger partial charge is 0.461 e. The van der Waals surface area contributed by atoms with Gasteiger partial charge < -0.3 is 18.9 Å². The second-order valence-corrected chi connectivity index (χ2v) is 8.22. The number of benzene rings is 1. The lowest BCUT2D eigenvalue weighted by Gasteiger charge is -2.26. The standard InChI is InChI=1S/C22H29N3O4/c1-5-28-20(26)19-14-24(15-23-19)13-16-6-7-17-8-10-25(11-9-18(17)12-16)21(27)29-22(2,3)4/h6-7,12,14-15H,5,8-11,13H2,1-4H3. The van der Waals surface area contributed by atoms with E-state index in [2.05, 4.69) is 23.2 Å². The molecule has 2 aromatic rings. The first-order valence-corrected chi connectivity index (χ1v) is 10.0. The van der Waals surface area contributed by atoms with Crippen molar-refractivity contribution in [2.45, 2.75) is 52.7 Å². The van der Waals surface area contributed by atoms with Gasteiger partial charge in [-0.15, -0.1) is 0 Å². The van der Waals surface area contributed by atoms with Crippen LogP contribution in [-0.4, -0.2) is 51.8 Å². The number of esters is 1. The normalized spacial score (nSPS) is 14.1. The van der Waals surface area contributed by atoms with Gasteiger partial charge in [-0.25, -0.2) is 14.6 Å². The first kappa shape index (κ1) is 20.9. The van der Waals surface area contributed by atoms with E-state index in [1.807, 2.05) is 25.3 Å². The predicted octanol–water partition coefficient (Wildman–Crippen LogP) is 3.44. The molecule has 7 nitrogen and oxygen atoms in total. The molecule has 1 aliphatic heterocycles. The van der Waals surface area contributed by atoms with Crippen LogP contribution in [0.5, 0.6) is 0 Å². The minimum absolute atomic E-state index is 0.254. The Morgan fingerprint density at radius 2 is 1.86 bits per heavy atom. The first-order valence-electron chi connectivity index (χ1n) is 10.0. The number of carbonyl (C=O) groups is 2. The van der Waals surface area contributed by atoms with Crippen molar-refractivity contribution in [1.82, 2.24) is 14.5 Å². The number of hydrogen-bond donors (Lipinski definition) is 0. The van der Waals surface area contributed by atoms with Crippen molar-refractivity contribution < 1.29 is 19.1 Å². The number of rotatable bonds is 4. The topological polar surface area (TPSA) is 73.7 Å². The van der Waals surface area contributed by atoms with E-state index in [4.69, 9.17) is 9.47 Å². The van der Waals surface area contributed by atoms with Crippen LogP contribution in [0.4, 0.5) is 4.79 Å². The summed E-state index contributed by atoms with van der Waals surface area (Å²) < 4.78 is 12.4. The summed E-state index contributed by atoms with van der Waals surface area (Å²) in [5.41, 5.74) is 3.46. The fraction of sp³-hybridized carbons (Fsp3) is 0.500. The molecule has 0 fully saturated rings. The zero-order valence-electron chi connectivity index (χ0n) is 17.6. The smallest absolute Gasteiger partial charge is 0.410 e. The number of hydrogen-bond acceptors (Lipinski definition) is 5. The van der Waals surface area contributed by atoms with Crippen LogP contribution in [0, 0.1) is 0 Å². The van der Waals surface area contributed by atoms with E-state index in [0.29, 0.717) is 31.9 Å². The lowest BCUT2D eigenvalue weighted by molar-refractivity contribution is 0.0258. The summed E-state index contributed by atoms with van der Waals surface area (Å²) in [6.45, 7) is 9.67. The van der Waals surface area contributed by atoms with Crippen LogP contribution in [0.3, 0.4) is 0 Å². The second-order valence-electron chi connectivity index (χ2n) is 8.22. The van der Waals surface area contributed by atoms with E-state index in [9.17, 15) is 9.59 Å². The molecular weight excluding hydrogens is 370 g/mol. The molecule has 0 bridgehead atoms. The number of aromatic nitrogens is 2. The van der Waals surface area contributed by atoms with E-state index in [1.54, 1.807) is 24.3 Å². The molecule has 0 saturated heterocycles. The Balaban J connectivity index is 1.66. The van der Waals surface area contributed by atoms with E-state index in [0.717, 1.165) is 18.4 Å². The molecule has 3 rings (SSSR count). The maximum atomic E-state index is 12.4. The Labute approximate surface area is 171 Å². The molecule has 0 radical (unpaired) electrons. The molecule has 0 spiro atoms. The molecule has 0 unspecified atom stereocenters. The maximum absolute atomic E-state index is 12.4. The Morgan fingerprint density at radius 3 is 2.55 bits per heavy atom. The van der Waals surface area contributed by atoms with Crippen molar-refractivity contribution in [3.05, 3.63) is 53.1 Å². The molecule has 7 heteroatoms. The molecule has 1 aromatic heterocycles. The highest BCUT2D eigenvalue weighted by Gasteiger charge is 2.24. The monoisotopic (exact) mass is 399 g/mol. The van der Waals surface area contributed by atoms with Gasteiger partial charge in [0.15, 0.2) is 5.69 Å². The molecule has 156 valence electrons. The van der Waals surface area contributed by atoms with Gasteiger partial charge in [0.25, 0.3) is 0 Å². The minimum Gasteiger partial charge on any atom is -0.461 e. The quantitative estimate of drug-likeness (QED) is 0.737. The number of ether oxygens (including phenoxy) is 2. The van der Waals surface area contributed by atoms with Gasteiger partial charge in [-0.1, -0.05) is 18.2 Å². The van der Waals surface area contributed by atoms with Crippen LogP contribution in [0.1, 0.15) is 54.9 Å². The molecule has 2 heterocycles. The third kappa shape index (κ3) is 5.59. The average Bonchev–Trinajstić information content (AvgIpc) is 2.99. The third-order valence-electron chi connectivity index (χ3n) is 4.71. The van der Waals surface area contributed by atoms with Crippen molar-refractivity contribution >= 4 is 12.1 Å². The zero-order valence-corrected chi connectivity index (χ0v) is 17.6. The van der Waals surface area contributed by atoms with Crippen LogP contribution in [-0.2, 0) is 28.9 Å². The van der Waals surface area contributed by atoms with Gasteiger partial charge in [0, 0.05) is 25.8 Å². The van der Waals surface area contributed by atoms with Crippen molar-refractivity contribution in [1.29, 1.82) is 0 Å². The lowest BCUT2D eigenvalue weighted by Crippen LogP contribution is -2.38. The predicted molar refractivity (Wildman–Crippen MR) is 109 cm³/mol. The SMILES string of the molecule is CCOC(=O)c1cn(Cc2ccc3c(c2)CCN(C(=O)OC(C)(C)C)CC3)cn1. The van der Waals surface area contributed by atoms with Crippen molar-refractivity contribution in [2.75, 3.05) is 19.7 Å². The third-order valence-corrected chi connectivity index (χ3v) is 4.71. The highest BCUT2D eigenvalue weighted by molar-refractivity contribution is 5.86. The van der Waals surface area contributed by atoms with Crippen LogP contribution in [0.2, 0.25) is 0 Å². The molecule has 0 N–H and O–H groups in total. The molecule has 0 aliphatic carbocycles. The number of amides is 1. The summed E-state index contributed by atoms with van der Waals surface area (Å²) in [6, 6.07) is 6.40. The molecule has 0 saturated carbocycles. The molecule has 29 heavy (non-hydrogen) atoms. The molecule has 1 aliphatic rings. The summed E-state index contributed by atoms with van der Waals surface area (Å²) in [7, 11) is 0. The van der Waals surface area contributed by atoms with Crippen LogP contribution >= 0.6 is 0 Å². The van der Waals surface area contributed by atoms with Gasteiger partial charge in [-0.3, -0.25) is 0 Å². The van der Waals surface area contributed by atoms with E-state index >= 15 is 0 Å². The van der Waals surface area contributed by atoms with Crippen molar-refractivity contribution in [3.63, 3.8) is 0 Å². The van der Waals surface area contributed by atoms with Gasteiger partial charge in [0.05, 0.1) is 12.9 Å². The highest BCUT2D eigenvalue weighted by atomic mass is 16.6. The van der Waals surface area contributed by atoms with Gasteiger partial charge in [-0.2, -0.15) is 0 Å². The molecular formula is C22H29N3O4. The summed E-state index contributed by atoms with van der Waals surface area (Å²) in [5.74, 6) is -0.407. The average molecular weight is 399 g/mol. The second kappa shape index (κ2) is 8.68. The molecule has 1 amide bonds. The lowest BCUT2D eigenvalue weighted by atomic mass is 10.00. The fourth-order valence-corrected chi connectivity index (χ4v) is 3.35. The van der Waals surface area contributed by atoms with E-state index in [-0.39, 0.29) is 6.09 Å². The molecule has 0 atom stereocenters. The van der Waals surface area contributed by atoms with Crippen LogP contribution in [0.25, 0.3) is 0 Å². The van der Waals surface area contributed by atoms with Gasteiger partial charge in [-0.05, 0) is 57.2 Å². The van der Waals surface area contributed by atoms with Crippen molar-refractivity contribution in [3.8, 4) is 0 Å². The summed E-state index contributed by atoms with van der Waals surface area (Å²) >= 11 is 0. The van der Waals surface area contributed by atoms with E-state index < -0.39 is 11.6 Å². The minimum atomic E-state index is -0.489. The number of carbonyl (C=O) groups excluding carboxylic acids is 2. The van der Waals surface area contributed by atoms with Crippen molar-refractivity contribution in [2.24, 2.45) is 0 Å². The Morgan fingerprint density at radius 1 is 1.14 bits per heavy atom. The number of nitrogens with zero attached hydrogens (tertiary/aromatic N) is 3. The van der Waals surface area contributed by atoms with Crippen LogP contribution in [0.15, 0.2) is 30.7 Å². The molecule has 1 aromatic carbocycles. The Kier molecular flexibility index (Phi) is 6.25. The van der Waals surface area contributed by atoms with Gasteiger partial charge >= 0.3 is 12.1 Å². The number of fused-ring (bicyclic) bond motifs is 1. The maximum Gasteiger partial charge on any atom is 0.410 e. The van der Waals surface area contributed by atoms with Crippen LogP contribution < -0.4 is 0 Å². The summed E-state index contributed by atoms with van der Waals surface area (Å²) in [4.78, 5) is 30.1. The first-order chi connectivity index (χ1) is 13.7. The van der Waals surface area contributed by atoms with E-state index in [1.165, 1.54) is 11.1 Å². The highest BCUT2D eigenvalue weighted by Crippen LogP contribution is 2.20. The fourth-order valence-electron chi connectivity index (χ4n) is 3.35. The van der Waals surface area contributed by atoms with Gasteiger partial charge in [0.1, 0.15) is 5.60 Å². The summed E-state index contributed by atoms with van der Waals surface area (Å²) in [6.07, 6.45) is 4.69. The summed E-state index contributed by atoms with van der Waals surface area (Å²) in [5, 5.41) is 0. The zero-order chi connectivity index (χ0) is 21.0. The van der Waals surface area contributed by atoms with Gasteiger partial charge in [0.2, 0.25) is 0 Å².